The average molecular weight is 246 g/mol. The summed E-state index contributed by atoms with van der Waals surface area (Å²) < 4.78 is 0. The molecule has 1 aromatic heterocycles. The summed E-state index contributed by atoms with van der Waals surface area (Å²) in [5.41, 5.74) is 8.68. The van der Waals surface area contributed by atoms with Gasteiger partial charge in [-0.1, -0.05) is 30.3 Å². The van der Waals surface area contributed by atoms with Gasteiger partial charge < -0.3 is 5.73 Å². The highest BCUT2D eigenvalue weighted by molar-refractivity contribution is 5.88. The van der Waals surface area contributed by atoms with Crippen LogP contribution in [0.4, 0.5) is 5.69 Å². The summed E-state index contributed by atoms with van der Waals surface area (Å²) in [6, 6.07) is 18.2. The number of anilines is 1. The molecule has 3 rings (SSSR count). The Bertz CT molecular complexity index is 731. The van der Waals surface area contributed by atoms with E-state index >= 15 is 0 Å². The molecule has 2 aromatic carbocycles. The molecule has 0 bridgehead atoms. The maximum Gasteiger partial charge on any atom is 0.0629 e. The minimum Gasteiger partial charge on any atom is -0.399 e. The lowest BCUT2D eigenvalue weighted by molar-refractivity contribution is 1.30. The Morgan fingerprint density at radius 3 is 2.53 bits per heavy atom. The maximum atomic E-state index is 5.77. The van der Waals surface area contributed by atoms with Crippen LogP contribution in [0.2, 0.25) is 0 Å². The van der Waals surface area contributed by atoms with Crippen LogP contribution in [-0.4, -0.2) is 4.98 Å². The van der Waals surface area contributed by atoms with E-state index in [1.165, 1.54) is 5.39 Å². The zero-order valence-corrected chi connectivity index (χ0v) is 10.5. The van der Waals surface area contributed by atoms with E-state index in [9.17, 15) is 0 Å². The number of aromatic nitrogens is 1. The third kappa shape index (κ3) is 2.63. The predicted octanol–water partition coefficient (Wildman–Crippen LogP) is 3.99. The molecule has 0 fully saturated rings. The van der Waals surface area contributed by atoms with Crippen LogP contribution in [0, 0.1) is 0 Å². The van der Waals surface area contributed by atoms with Crippen LogP contribution in [-0.2, 0) is 0 Å². The van der Waals surface area contributed by atoms with E-state index in [0.717, 1.165) is 22.3 Å². The van der Waals surface area contributed by atoms with Crippen LogP contribution in [0.15, 0.2) is 60.8 Å². The molecular weight excluding hydrogens is 232 g/mol. The lowest BCUT2D eigenvalue weighted by Gasteiger charge is -2.01. The smallest absolute Gasteiger partial charge is 0.0629 e. The van der Waals surface area contributed by atoms with E-state index in [0.29, 0.717) is 0 Å². The minimum absolute atomic E-state index is 0.796. The van der Waals surface area contributed by atoms with Gasteiger partial charge >= 0.3 is 0 Å². The molecule has 2 heteroatoms. The molecule has 0 atom stereocenters. The van der Waals surface area contributed by atoms with Crippen molar-refractivity contribution in [1.29, 1.82) is 0 Å². The normalized spacial score (nSPS) is 11.2. The molecule has 19 heavy (non-hydrogen) atoms. The third-order valence-electron chi connectivity index (χ3n) is 3.02. The second-order valence-corrected chi connectivity index (χ2v) is 4.45. The highest BCUT2D eigenvalue weighted by Gasteiger charge is 1.95. The highest BCUT2D eigenvalue weighted by Crippen LogP contribution is 2.20. The fraction of sp³-hybridized carbons (Fsp3) is 0. The molecule has 0 aliphatic rings. The number of pyridine rings is 1. The van der Waals surface area contributed by atoms with Crippen LogP contribution >= 0.6 is 0 Å². The maximum absolute atomic E-state index is 5.77. The topological polar surface area (TPSA) is 38.9 Å². The van der Waals surface area contributed by atoms with Gasteiger partial charge in [-0.05, 0) is 52.7 Å². The van der Waals surface area contributed by atoms with Crippen LogP contribution in [0.25, 0.3) is 22.9 Å². The summed E-state index contributed by atoms with van der Waals surface area (Å²) >= 11 is 0. The van der Waals surface area contributed by atoms with Crippen molar-refractivity contribution in [3.8, 4) is 0 Å². The Labute approximate surface area is 112 Å². The van der Waals surface area contributed by atoms with Gasteiger partial charge in [-0.3, -0.25) is 4.98 Å². The number of benzene rings is 2. The van der Waals surface area contributed by atoms with Gasteiger partial charge in [0.05, 0.1) is 5.69 Å². The number of fused-ring (bicyclic) bond motifs is 1. The van der Waals surface area contributed by atoms with Crippen LogP contribution in [0.1, 0.15) is 11.3 Å². The van der Waals surface area contributed by atoms with Crippen molar-refractivity contribution >= 4 is 28.6 Å². The summed E-state index contributed by atoms with van der Waals surface area (Å²) in [6.45, 7) is 0. The number of nitrogen functional groups attached to an aromatic ring is 1. The molecule has 0 saturated heterocycles. The van der Waals surface area contributed by atoms with Crippen molar-refractivity contribution in [3.63, 3.8) is 0 Å². The van der Waals surface area contributed by atoms with Gasteiger partial charge in [0.2, 0.25) is 0 Å². The van der Waals surface area contributed by atoms with E-state index in [4.69, 9.17) is 5.73 Å². The van der Waals surface area contributed by atoms with E-state index < -0.39 is 0 Å². The fourth-order valence-corrected chi connectivity index (χ4v) is 2.04. The van der Waals surface area contributed by atoms with Crippen molar-refractivity contribution in [2.24, 2.45) is 0 Å². The SMILES string of the molecule is Nc1ccc2cc(/C=C/c3ccccn3)ccc2c1. The van der Waals surface area contributed by atoms with Gasteiger partial charge in [0, 0.05) is 11.9 Å². The number of nitrogens with two attached hydrogens (primary N) is 1. The first kappa shape index (κ1) is 11.5. The Kier molecular flexibility index (Phi) is 2.99. The number of rotatable bonds is 2. The molecule has 1 heterocycles. The summed E-state index contributed by atoms with van der Waals surface area (Å²) in [5.74, 6) is 0. The van der Waals surface area contributed by atoms with Gasteiger partial charge in [-0.25, -0.2) is 0 Å². The molecule has 0 spiro atoms. The third-order valence-corrected chi connectivity index (χ3v) is 3.02. The van der Waals surface area contributed by atoms with Crippen molar-refractivity contribution < 1.29 is 0 Å². The molecule has 0 radical (unpaired) electrons. The molecular formula is C17H14N2. The van der Waals surface area contributed by atoms with Crippen LogP contribution in [0.5, 0.6) is 0 Å². The van der Waals surface area contributed by atoms with Gasteiger partial charge in [-0.2, -0.15) is 0 Å². The van der Waals surface area contributed by atoms with Gasteiger partial charge in [-0.15, -0.1) is 0 Å². The zero-order chi connectivity index (χ0) is 13.1. The molecule has 0 aliphatic heterocycles. The van der Waals surface area contributed by atoms with Crippen molar-refractivity contribution in [1.82, 2.24) is 4.98 Å². The van der Waals surface area contributed by atoms with E-state index in [1.807, 2.05) is 42.5 Å². The molecule has 0 amide bonds. The van der Waals surface area contributed by atoms with Gasteiger partial charge in [0.15, 0.2) is 0 Å². The van der Waals surface area contributed by atoms with E-state index in [2.05, 4.69) is 29.3 Å². The summed E-state index contributed by atoms with van der Waals surface area (Å²) in [4.78, 5) is 4.26. The van der Waals surface area contributed by atoms with Crippen molar-refractivity contribution in [3.05, 3.63) is 72.1 Å². The average Bonchev–Trinajstić information content (AvgIpc) is 2.46. The van der Waals surface area contributed by atoms with E-state index in [1.54, 1.807) is 6.20 Å². The largest absolute Gasteiger partial charge is 0.399 e. The Morgan fingerprint density at radius 2 is 1.68 bits per heavy atom. The number of hydrogen-bond acceptors (Lipinski definition) is 2. The zero-order valence-electron chi connectivity index (χ0n) is 10.5. The lowest BCUT2D eigenvalue weighted by Crippen LogP contribution is -1.84. The van der Waals surface area contributed by atoms with Crippen molar-refractivity contribution in [2.75, 3.05) is 5.73 Å². The Morgan fingerprint density at radius 1 is 0.842 bits per heavy atom. The fourth-order valence-electron chi connectivity index (χ4n) is 2.04. The molecule has 0 aliphatic carbocycles. The molecule has 92 valence electrons. The summed E-state index contributed by atoms with van der Waals surface area (Å²) in [5, 5.41) is 2.35. The number of hydrogen-bond donors (Lipinski definition) is 1. The Balaban J connectivity index is 1.94. The summed E-state index contributed by atoms with van der Waals surface area (Å²) in [6.07, 6.45) is 5.87. The summed E-state index contributed by atoms with van der Waals surface area (Å²) in [7, 11) is 0. The van der Waals surface area contributed by atoms with Crippen LogP contribution < -0.4 is 5.73 Å². The highest BCUT2D eigenvalue weighted by atomic mass is 14.6. The predicted molar refractivity (Wildman–Crippen MR) is 81.5 cm³/mol. The molecule has 0 unspecified atom stereocenters. The molecule has 2 N–H and O–H groups in total. The van der Waals surface area contributed by atoms with Crippen molar-refractivity contribution in [2.45, 2.75) is 0 Å². The second-order valence-electron chi connectivity index (χ2n) is 4.45. The number of nitrogens with zero attached hydrogens (tertiary/aromatic N) is 1. The molecule has 2 nitrogen and oxygen atoms in total. The van der Waals surface area contributed by atoms with Gasteiger partial charge in [0.25, 0.3) is 0 Å². The molecule has 0 saturated carbocycles. The second kappa shape index (κ2) is 4.94. The van der Waals surface area contributed by atoms with E-state index in [-0.39, 0.29) is 0 Å². The standard InChI is InChI=1S/C17H14N2/c18-16-8-7-14-11-13(4-6-15(14)12-16)5-9-17-3-1-2-10-19-17/h1-12H,18H2/b9-5+. The molecule has 3 aromatic rings. The van der Waals surface area contributed by atoms with Gasteiger partial charge in [0.1, 0.15) is 0 Å². The first-order valence-electron chi connectivity index (χ1n) is 6.20. The quantitative estimate of drug-likeness (QED) is 0.694. The van der Waals surface area contributed by atoms with Crippen LogP contribution in [0.3, 0.4) is 0 Å². The lowest BCUT2D eigenvalue weighted by atomic mass is 10.1. The first-order valence-corrected chi connectivity index (χ1v) is 6.20. The monoisotopic (exact) mass is 246 g/mol. The first-order chi connectivity index (χ1) is 9.31. The minimum atomic E-state index is 0.796. The Hall–Kier alpha value is -2.61.